The first kappa shape index (κ1) is 10.4. The second kappa shape index (κ2) is 3.65. The van der Waals surface area contributed by atoms with Gasteiger partial charge in [0.25, 0.3) is 5.91 Å². The van der Waals surface area contributed by atoms with Crippen molar-refractivity contribution in [3.05, 3.63) is 35.4 Å². The maximum Gasteiger partial charge on any atom is 0.254 e. The zero-order valence-electron chi connectivity index (χ0n) is 9.89. The van der Waals surface area contributed by atoms with Gasteiger partial charge in [0.2, 0.25) is 0 Å². The van der Waals surface area contributed by atoms with Crippen LogP contribution in [0.2, 0.25) is 0 Å². The third-order valence-electron chi connectivity index (χ3n) is 3.61. The summed E-state index contributed by atoms with van der Waals surface area (Å²) >= 11 is 0. The van der Waals surface area contributed by atoms with E-state index >= 15 is 0 Å². The van der Waals surface area contributed by atoms with Crippen LogP contribution in [-0.2, 0) is 0 Å². The van der Waals surface area contributed by atoms with Gasteiger partial charge >= 0.3 is 0 Å². The minimum atomic E-state index is -0.109. The Morgan fingerprint density at radius 3 is 2.47 bits per heavy atom. The quantitative estimate of drug-likeness (QED) is 0.729. The van der Waals surface area contributed by atoms with Crippen LogP contribution in [-0.4, -0.2) is 29.6 Å². The maximum absolute atomic E-state index is 12.3. The summed E-state index contributed by atoms with van der Waals surface area (Å²) in [5, 5.41) is 8.13. The van der Waals surface area contributed by atoms with Crippen molar-refractivity contribution < 1.29 is 4.79 Å². The highest BCUT2D eigenvalue weighted by molar-refractivity contribution is 5.95. The monoisotopic (exact) mass is 229 g/mol. The molecule has 0 bridgehead atoms. The smallest absolute Gasteiger partial charge is 0.254 e. The van der Waals surface area contributed by atoms with Gasteiger partial charge in [-0.2, -0.15) is 10.2 Å². The van der Waals surface area contributed by atoms with E-state index in [1.54, 1.807) is 0 Å². The first-order valence-electron chi connectivity index (χ1n) is 5.99. The summed E-state index contributed by atoms with van der Waals surface area (Å²) in [5.41, 5.74) is 1.74. The summed E-state index contributed by atoms with van der Waals surface area (Å²) in [6, 6.07) is 7.74. The second-order valence-electron chi connectivity index (χ2n) is 4.79. The summed E-state index contributed by atoms with van der Waals surface area (Å²) < 4.78 is 0. The average molecular weight is 229 g/mol. The first-order valence-corrected chi connectivity index (χ1v) is 5.99. The second-order valence-corrected chi connectivity index (χ2v) is 4.79. The van der Waals surface area contributed by atoms with Crippen molar-refractivity contribution >= 4 is 5.91 Å². The van der Waals surface area contributed by atoms with Crippen LogP contribution in [0.25, 0.3) is 0 Å². The third kappa shape index (κ3) is 1.84. The predicted octanol–water partition coefficient (Wildman–Crippen LogP) is 2.39. The first-order chi connectivity index (χ1) is 8.20. The number of rotatable bonds is 1. The lowest BCUT2D eigenvalue weighted by atomic mass is 10.00. The van der Waals surface area contributed by atoms with Crippen molar-refractivity contribution in [2.24, 2.45) is 10.2 Å². The molecule has 1 spiro atoms. The molecular formula is C13H15N3O. The number of carbonyl (C=O) groups excluding carboxylic acids is 1. The molecule has 4 nitrogen and oxygen atoms in total. The Balaban J connectivity index is 1.73. The Morgan fingerprint density at radius 2 is 1.88 bits per heavy atom. The van der Waals surface area contributed by atoms with Gasteiger partial charge in [-0.25, -0.2) is 0 Å². The summed E-state index contributed by atoms with van der Waals surface area (Å²) in [6.45, 7) is 3.50. The topological polar surface area (TPSA) is 45.0 Å². The Bertz CT molecular complexity index is 479. The molecule has 1 amide bonds. The minimum Gasteiger partial charge on any atom is -0.338 e. The average Bonchev–Trinajstić information content (AvgIpc) is 3.10. The van der Waals surface area contributed by atoms with E-state index in [1.807, 2.05) is 36.1 Å². The molecule has 4 heteroatoms. The zero-order chi connectivity index (χ0) is 11.9. The van der Waals surface area contributed by atoms with Crippen LogP contribution in [0.1, 0.15) is 28.8 Å². The molecule has 0 atom stereocenters. The van der Waals surface area contributed by atoms with Gasteiger partial charge in [0.05, 0.1) is 0 Å². The maximum atomic E-state index is 12.3. The molecule has 0 aromatic heterocycles. The number of hydrogen-bond acceptors (Lipinski definition) is 3. The predicted molar refractivity (Wildman–Crippen MR) is 63.9 cm³/mol. The Morgan fingerprint density at radius 1 is 1.24 bits per heavy atom. The van der Waals surface area contributed by atoms with Crippen LogP contribution >= 0.6 is 0 Å². The summed E-state index contributed by atoms with van der Waals surface area (Å²) in [6.07, 6.45) is 1.76. The fourth-order valence-electron chi connectivity index (χ4n) is 2.32. The van der Waals surface area contributed by atoms with Gasteiger partial charge in [-0.15, -0.1) is 0 Å². The summed E-state index contributed by atoms with van der Waals surface area (Å²) in [5.74, 6) is 0.138. The van der Waals surface area contributed by atoms with Crippen molar-refractivity contribution in [1.29, 1.82) is 0 Å². The van der Waals surface area contributed by atoms with Crippen LogP contribution < -0.4 is 0 Å². The number of benzene rings is 1. The Kier molecular flexibility index (Phi) is 2.24. The molecule has 0 radical (unpaired) electrons. The van der Waals surface area contributed by atoms with E-state index in [0.717, 1.165) is 37.1 Å². The van der Waals surface area contributed by atoms with E-state index in [0.29, 0.717) is 0 Å². The standard InChI is InChI=1S/C13H15N3O/c1-10-4-2-3-5-11(10)12(17)16-8-6-13(7-9-16)14-15-13/h2-5H,6-9H2,1H3. The van der Waals surface area contributed by atoms with Crippen molar-refractivity contribution in [3.8, 4) is 0 Å². The van der Waals surface area contributed by atoms with Crippen LogP contribution in [0, 0.1) is 6.92 Å². The van der Waals surface area contributed by atoms with Gasteiger partial charge in [0.15, 0.2) is 5.66 Å². The summed E-state index contributed by atoms with van der Waals surface area (Å²) in [4.78, 5) is 14.2. The van der Waals surface area contributed by atoms with E-state index in [-0.39, 0.29) is 11.6 Å². The largest absolute Gasteiger partial charge is 0.338 e. The molecule has 0 saturated carbocycles. The molecule has 1 aromatic carbocycles. The normalized spacial score (nSPS) is 20.6. The zero-order valence-corrected chi connectivity index (χ0v) is 9.89. The number of likely N-dealkylation sites (tertiary alicyclic amines) is 1. The van der Waals surface area contributed by atoms with E-state index in [4.69, 9.17) is 0 Å². The number of nitrogens with zero attached hydrogens (tertiary/aromatic N) is 3. The van der Waals surface area contributed by atoms with Crippen LogP contribution in [0.4, 0.5) is 0 Å². The lowest BCUT2D eigenvalue weighted by molar-refractivity contribution is 0.0701. The van der Waals surface area contributed by atoms with Crippen LogP contribution in [0.3, 0.4) is 0 Å². The lowest BCUT2D eigenvalue weighted by Crippen LogP contribution is -2.41. The van der Waals surface area contributed by atoms with Gasteiger partial charge in [-0.05, 0) is 18.6 Å². The van der Waals surface area contributed by atoms with Crippen molar-refractivity contribution in [1.82, 2.24) is 4.90 Å². The van der Waals surface area contributed by atoms with Gasteiger partial charge in [0, 0.05) is 31.5 Å². The van der Waals surface area contributed by atoms with Gasteiger partial charge in [-0.1, -0.05) is 18.2 Å². The van der Waals surface area contributed by atoms with Crippen molar-refractivity contribution in [2.45, 2.75) is 25.4 Å². The van der Waals surface area contributed by atoms with Crippen LogP contribution in [0.15, 0.2) is 34.5 Å². The molecule has 1 aromatic rings. The number of hydrogen-bond donors (Lipinski definition) is 0. The van der Waals surface area contributed by atoms with Gasteiger partial charge in [-0.3, -0.25) is 4.79 Å². The Hall–Kier alpha value is -1.71. The third-order valence-corrected chi connectivity index (χ3v) is 3.61. The van der Waals surface area contributed by atoms with E-state index in [1.165, 1.54) is 0 Å². The molecule has 0 aliphatic carbocycles. The van der Waals surface area contributed by atoms with Gasteiger partial charge < -0.3 is 4.90 Å². The molecule has 0 N–H and O–H groups in total. The molecule has 2 aliphatic heterocycles. The number of aryl methyl sites for hydroxylation is 1. The number of piperidine rings is 1. The highest BCUT2D eigenvalue weighted by Crippen LogP contribution is 2.38. The Labute approximate surface area is 100 Å². The van der Waals surface area contributed by atoms with Crippen LogP contribution in [0.5, 0.6) is 0 Å². The van der Waals surface area contributed by atoms with E-state index in [2.05, 4.69) is 10.2 Å². The fraction of sp³-hybridized carbons (Fsp3) is 0.462. The molecule has 3 rings (SSSR count). The van der Waals surface area contributed by atoms with Crippen molar-refractivity contribution in [2.75, 3.05) is 13.1 Å². The molecule has 2 heterocycles. The molecule has 88 valence electrons. The molecule has 17 heavy (non-hydrogen) atoms. The van der Waals surface area contributed by atoms with Gasteiger partial charge in [0.1, 0.15) is 0 Å². The highest BCUT2D eigenvalue weighted by Gasteiger charge is 2.43. The minimum absolute atomic E-state index is 0.109. The lowest BCUT2D eigenvalue weighted by Gasteiger charge is -2.30. The van der Waals surface area contributed by atoms with E-state index in [9.17, 15) is 4.79 Å². The molecule has 1 fully saturated rings. The highest BCUT2D eigenvalue weighted by atomic mass is 16.2. The molecular weight excluding hydrogens is 214 g/mol. The fourth-order valence-corrected chi connectivity index (χ4v) is 2.32. The number of amides is 1. The SMILES string of the molecule is Cc1ccccc1C(=O)N1CCC2(CC1)N=N2. The number of carbonyl (C=O) groups is 1. The molecule has 0 unspecified atom stereocenters. The van der Waals surface area contributed by atoms with E-state index < -0.39 is 0 Å². The van der Waals surface area contributed by atoms with Crippen molar-refractivity contribution in [3.63, 3.8) is 0 Å². The summed E-state index contributed by atoms with van der Waals surface area (Å²) in [7, 11) is 0. The molecule has 1 saturated heterocycles. The molecule has 2 aliphatic rings.